The molecule has 0 aliphatic rings. The van der Waals surface area contributed by atoms with Crippen LogP contribution in [0.5, 0.6) is 5.75 Å². The minimum atomic E-state index is 0.0990. The number of nitrogens with two attached hydrogens (primary N) is 1. The van der Waals surface area contributed by atoms with E-state index in [-0.39, 0.29) is 6.04 Å². The van der Waals surface area contributed by atoms with Gasteiger partial charge in [0.2, 0.25) is 0 Å². The zero-order valence-electron chi connectivity index (χ0n) is 10.9. The molecule has 3 heteroatoms. The van der Waals surface area contributed by atoms with E-state index in [4.69, 9.17) is 10.5 Å². The Morgan fingerprint density at radius 1 is 1.35 bits per heavy atom. The lowest BCUT2D eigenvalue weighted by molar-refractivity contribution is 0.337. The van der Waals surface area contributed by atoms with Crippen molar-refractivity contribution in [2.75, 3.05) is 6.61 Å². The van der Waals surface area contributed by atoms with E-state index in [1.807, 2.05) is 13.0 Å². The van der Waals surface area contributed by atoms with Crippen molar-refractivity contribution < 1.29 is 4.74 Å². The van der Waals surface area contributed by atoms with Crippen molar-refractivity contribution >= 4 is 15.9 Å². The summed E-state index contributed by atoms with van der Waals surface area (Å²) in [5.41, 5.74) is 7.42. The van der Waals surface area contributed by atoms with Gasteiger partial charge >= 0.3 is 0 Å². The van der Waals surface area contributed by atoms with Crippen molar-refractivity contribution in [3.63, 3.8) is 0 Å². The van der Waals surface area contributed by atoms with Crippen molar-refractivity contribution in [1.82, 2.24) is 0 Å². The Kier molecular flexibility index (Phi) is 6.00. The normalized spacial score (nSPS) is 14.4. The molecule has 0 radical (unpaired) electrons. The summed E-state index contributed by atoms with van der Waals surface area (Å²) in [6.07, 6.45) is 2.33. The average molecular weight is 300 g/mol. The molecular formula is C14H22BrNO. The Hall–Kier alpha value is -0.540. The van der Waals surface area contributed by atoms with Gasteiger partial charge in [0, 0.05) is 6.04 Å². The van der Waals surface area contributed by atoms with E-state index >= 15 is 0 Å². The summed E-state index contributed by atoms with van der Waals surface area (Å²) in [6, 6.07) is 6.22. The van der Waals surface area contributed by atoms with Crippen LogP contribution in [0.4, 0.5) is 0 Å². The molecule has 0 aliphatic carbocycles. The first-order chi connectivity index (χ1) is 8.10. The molecule has 0 amide bonds. The molecule has 2 nitrogen and oxygen atoms in total. The topological polar surface area (TPSA) is 35.2 Å². The summed E-state index contributed by atoms with van der Waals surface area (Å²) in [5.74, 6) is 1.39. The molecule has 0 saturated carbocycles. The Bertz CT molecular complexity index is 354. The van der Waals surface area contributed by atoms with E-state index in [1.54, 1.807) is 0 Å². The van der Waals surface area contributed by atoms with Gasteiger partial charge < -0.3 is 10.5 Å². The monoisotopic (exact) mass is 299 g/mol. The van der Waals surface area contributed by atoms with Gasteiger partial charge in [0.05, 0.1) is 11.1 Å². The van der Waals surface area contributed by atoms with Crippen LogP contribution in [0.25, 0.3) is 0 Å². The van der Waals surface area contributed by atoms with Crippen LogP contribution < -0.4 is 10.5 Å². The van der Waals surface area contributed by atoms with Crippen molar-refractivity contribution in [1.29, 1.82) is 0 Å². The summed E-state index contributed by atoms with van der Waals surface area (Å²) in [5, 5.41) is 0. The van der Waals surface area contributed by atoms with Gasteiger partial charge in [0.25, 0.3) is 0 Å². The molecule has 0 fully saturated rings. The van der Waals surface area contributed by atoms with Gasteiger partial charge in [-0.3, -0.25) is 0 Å². The average Bonchev–Trinajstić information content (AvgIpc) is 2.31. The lowest BCUT2D eigenvalue weighted by atomic mass is 9.92. The van der Waals surface area contributed by atoms with E-state index in [0.717, 1.165) is 16.6 Å². The molecule has 0 aromatic heterocycles. The van der Waals surface area contributed by atoms with Gasteiger partial charge in [-0.15, -0.1) is 0 Å². The first kappa shape index (κ1) is 14.5. The molecule has 96 valence electrons. The number of hydrogen-bond acceptors (Lipinski definition) is 2. The summed E-state index contributed by atoms with van der Waals surface area (Å²) in [4.78, 5) is 0. The highest BCUT2D eigenvalue weighted by Crippen LogP contribution is 2.30. The second-order valence-electron chi connectivity index (χ2n) is 4.41. The zero-order chi connectivity index (χ0) is 12.8. The lowest BCUT2D eigenvalue weighted by Gasteiger charge is -2.20. The summed E-state index contributed by atoms with van der Waals surface area (Å²) in [6.45, 7) is 7.06. The van der Waals surface area contributed by atoms with Gasteiger partial charge in [-0.2, -0.15) is 0 Å². The van der Waals surface area contributed by atoms with Crippen molar-refractivity contribution in [2.45, 2.75) is 39.7 Å². The Labute approximate surface area is 113 Å². The van der Waals surface area contributed by atoms with Gasteiger partial charge in [-0.25, -0.2) is 0 Å². The molecule has 2 unspecified atom stereocenters. The van der Waals surface area contributed by atoms with E-state index < -0.39 is 0 Å². The number of hydrogen-bond donors (Lipinski definition) is 1. The second kappa shape index (κ2) is 7.02. The highest BCUT2D eigenvalue weighted by atomic mass is 79.9. The number of benzene rings is 1. The third-order valence-electron chi connectivity index (χ3n) is 3.00. The van der Waals surface area contributed by atoms with Crippen LogP contribution in [0.3, 0.4) is 0 Å². The van der Waals surface area contributed by atoms with Gasteiger partial charge in [0.15, 0.2) is 0 Å². The molecule has 2 N–H and O–H groups in total. The Morgan fingerprint density at radius 3 is 2.59 bits per heavy atom. The largest absolute Gasteiger partial charge is 0.493 e. The van der Waals surface area contributed by atoms with Crippen LogP contribution in [0.15, 0.2) is 22.7 Å². The maximum atomic E-state index is 6.26. The third-order valence-corrected chi connectivity index (χ3v) is 3.62. The van der Waals surface area contributed by atoms with Crippen LogP contribution in [-0.2, 0) is 0 Å². The lowest BCUT2D eigenvalue weighted by Crippen LogP contribution is -2.19. The summed E-state index contributed by atoms with van der Waals surface area (Å²) < 4.78 is 6.47. The molecule has 17 heavy (non-hydrogen) atoms. The second-order valence-corrected chi connectivity index (χ2v) is 5.27. The SMILES string of the molecule is CCCC(C)C(N)c1ccc(OCC)c(Br)c1. The molecule has 1 aromatic carbocycles. The first-order valence-corrected chi connectivity index (χ1v) is 7.07. The van der Waals surface area contributed by atoms with Crippen LogP contribution in [0.1, 0.15) is 45.2 Å². The molecule has 2 atom stereocenters. The Morgan fingerprint density at radius 2 is 2.06 bits per heavy atom. The molecule has 1 aromatic rings. The van der Waals surface area contributed by atoms with Crippen LogP contribution in [0, 0.1) is 5.92 Å². The van der Waals surface area contributed by atoms with E-state index in [9.17, 15) is 0 Å². The standard InChI is InChI=1S/C14H22BrNO/c1-4-6-10(3)14(16)11-7-8-13(17-5-2)12(15)9-11/h7-10,14H,4-6,16H2,1-3H3. The van der Waals surface area contributed by atoms with Crippen molar-refractivity contribution in [2.24, 2.45) is 11.7 Å². The molecule has 1 rings (SSSR count). The molecule has 0 spiro atoms. The van der Waals surface area contributed by atoms with Crippen LogP contribution >= 0.6 is 15.9 Å². The van der Waals surface area contributed by atoms with Crippen molar-refractivity contribution in [3.8, 4) is 5.75 Å². The predicted octanol–water partition coefficient (Wildman–Crippen LogP) is 4.28. The first-order valence-electron chi connectivity index (χ1n) is 6.27. The fourth-order valence-corrected chi connectivity index (χ4v) is 2.47. The highest BCUT2D eigenvalue weighted by Gasteiger charge is 2.15. The smallest absolute Gasteiger partial charge is 0.133 e. The molecule has 0 saturated heterocycles. The minimum absolute atomic E-state index is 0.0990. The van der Waals surface area contributed by atoms with Gasteiger partial charge in [0.1, 0.15) is 5.75 Å². The Balaban J connectivity index is 2.81. The highest BCUT2D eigenvalue weighted by molar-refractivity contribution is 9.10. The van der Waals surface area contributed by atoms with Crippen LogP contribution in [-0.4, -0.2) is 6.61 Å². The van der Waals surface area contributed by atoms with Gasteiger partial charge in [-0.05, 0) is 52.9 Å². The zero-order valence-corrected chi connectivity index (χ0v) is 12.5. The summed E-state index contributed by atoms with van der Waals surface area (Å²) >= 11 is 3.52. The van der Waals surface area contributed by atoms with E-state index in [2.05, 4.69) is 41.9 Å². The number of ether oxygens (including phenoxy) is 1. The van der Waals surface area contributed by atoms with E-state index in [0.29, 0.717) is 12.5 Å². The fraction of sp³-hybridized carbons (Fsp3) is 0.571. The fourth-order valence-electron chi connectivity index (χ4n) is 1.96. The van der Waals surface area contributed by atoms with Crippen LogP contribution in [0.2, 0.25) is 0 Å². The van der Waals surface area contributed by atoms with Crippen molar-refractivity contribution in [3.05, 3.63) is 28.2 Å². The maximum absolute atomic E-state index is 6.26. The number of rotatable bonds is 6. The molecular weight excluding hydrogens is 278 g/mol. The quantitative estimate of drug-likeness (QED) is 0.851. The molecule has 0 heterocycles. The predicted molar refractivity (Wildman–Crippen MR) is 76.3 cm³/mol. The molecule has 0 bridgehead atoms. The summed E-state index contributed by atoms with van der Waals surface area (Å²) in [7, 11) is 0. The number of halogens is 1. The minimum Gasteiger partial charge on any atom is -0.493 e. The van der Waals surface area contributed by atoms with E-state index in [1.165, 1.54) is 12.0 Å². The third kappa shape index (κ3) is 4.00. The van der Waals surface area contributed by atoms with Gasteiger partial charge in [-0.1, -0.05) is 26.3 Å². The molecule has 0 aliphatic heterocycles. The maximum Gasteiger partial charge on any atom is 0.133 e.